The second kappa shape index (κ2) is 6.57. The van der Waals surface area contributed by atoms with Crippen molar-refractivity contribution in [3.05, 3.63) is 41.5 Å². The number of aromatic nitrogens is 3. The Balaban J connectivity index is 2.08. The summed E-state index contributed by atoms with van der Waals surface area (Å²) in [6.45, 7) is 10.2. The molecule has 2 aromatic heterocycles. The smallest absolute Gasteiger partial charge is 0.0642 e. The van der Waals surface area contributed by atoms with Gasteiger partial charge >= 0.3 is 0 Å². The molecule has 2 rings (SSSR count). The highest BCUT2D eigenvalue weighted by Crippen LogP contribution is 2.10. The molecule has 0 radical (unpaired) electrons. The molecule has 0 saturated heterocycles. The molecule has 4 heteroatoms. The SMILES string of the molecule is CCCNCc1cccn1Cc1cc(C)nn1CC. The molecule has 0 amide bonds. The van der Waals surface area contributed by atoms with Crippen molar-refractivity contribution >= 4 is 0 Å². The zero-order valence-electron chi connectivity index (χ0n) is 12.2. The third-order valence-corrected chi connectivity index (χ3v) is 3.27. The predicted molar refractivity (Wildman–Crippen MR) is 78.2 cm³/mol. The summed E-state index contributed by atoms with van der Waals surface area (Å²) in [5, 5.41) is 7.96. The molecule has 0 aromatic carbocycles. The van der Waals surface area contributed by atoms with E-state index in [1.807, 2.05) is 0 Å². The van der Waals surface area contributed by atoms with Gasteiger partial charge in [-0.1, -0.05) is 6.92 Å². The molecule has 0 atom stereocenters. The Kier molecular flexibility index (Phi) is 4.80. The Labute approximate surface area is 115 Å². The largest absolute Gasteiger partial charge is 0.344 e. The topological polar surface area (TPSA) is 34.8 Å². The summed E-state index contributed by atoms with van der Waals surface area (Å²) in [4.78, 5) is 0. The number of hydrogen-bond donors (Lipinski definition) is 1. The van der Waals surface area contributed by atoms with Crippen LogP contribution in [0.3, 0.4) is 0 Å². The van der Waals surface area contributed by atoms with E-state index in [1.165, 1.54) is 17.8 Å². The minimum atomic E-state index is 0.894. The van der Waals surface area contributed by atoms with Gasteiger partial charge in [0, 0.05) is 25.0 Å². The molecule has 104 valence electrons. The lowest BCUT2D eigenvalue weighted by molar-refractivity contribution is 0.579. The lowest BCUT2D eigenvalue weighted by Gasteiger charge is -2.11. The fraction of sp³-hybridized carbons (Fsp3) is 0.533. The highest BCUT2D eigenvalue weighted by Gasteiger charge is 2.07. The van der Waals surface area contributed by atoms with Crippen molar-refractivity contribution in [2.75, 3.05) is 6.54 Å². The van der Waals surface area contributed by atoms with E-state index in [2.05, 4.69) is 64.8 Å². The van der Waals surface area contributed by atoms with Crippen molar-refractivity contribution in [1.82, 2.24) is 19.7 Å². The van der Waals surface area contributed by atoms with Crippen molar-refractivity contribution in [3.8, 4) is 0 Å². The molecule has 0 aliphatic rings. The Morgan fingerprint density at radius 1 is 1.26 bits per heavy atom. The van der Waals surface area contributed by atoms with Gasteiger partial charge < -0.3 is 9.88 Å². The molecule has 0 aliphatic heterocycles. The van der Waals surface area contributed by atoms with Crippen LogP contribution in [0.4, 0.5) is 0 Å². The lowest BCUT2D eigenvalue weighted by atomic mass is 10.3. The molecular formula is C15H24N4. The maximum Gasteiger partial charge on any atom is 0.0642 e. The van der Waals surface area contributed by atoms with E-state index in [9.17, 15) is 0 Å². The molecule has 2 heterocycles. The van der Waals surface area contributed by atoms with Gasteiger partial charge in [-0.2, -0.15) is 5.10 Å². The van der Waals surface area contributed by atoms with Gasteiger partial charge in [0.2, 0.25) is 0 Å². The zero-order chi connectivity index (χ0) is 13.7. The Morgan fingerprint density at radius 2 is 2.11 bits per heavy atom. The summed E-state index contributed by atoms with van der Waals surface area (Å²) < 4.78 is 4.38. The van der Waals surface area contributed by atoms with Gasteiger partial charge in [0.05, 0.1) is 17.9 Å². The third-order valence-electron chi connectivity index (χ3n) is 3.27. The average Bonchev–Trinajstić information content (AvgIpc) is 2.97. The second-order valence-electron chi connectivity index (χ2n) is 4.90. The Morgan fingerprint density at radius 3 is 2.84 bits per heavy atom. The van der Waals surface area contributed by atoms with Crippen LogP contribution in [0.25, 0.3) is 0 Å². The van der Waals surface area contributed by atoms with Crippen LogP contribution in [0.1, 0.15) is 37.4 Å². The number of nitrogens with one attached hydrogen (secondary N) is 1. The van der Waals surface area contributed by atoms with Gasteiger partial charge in [-0.3, -0.25) is 4.68 Å². The maximum absolute atomic E-state index is 4.50. The molecule has 19 heavy (non-hydrogen) atoms. The van der Waals surface area contributed by atoms with Gasteiger partial charge in [-0.25, -0.2) is 0 Å². The lowest BCUT2D eigenvalue weighted by Crippen LogP contribution is -2.17. The monoisotopic (exact) mass is 260 g/mol. The fourth-order valence-electron chi connectivity index (χ4n) is 2.33. The van der Waals surface area contributed by atoms with Crippen LogP contribution in [0, 0.1) is 6.92 Å². The van der Waals surface area contributed by atoms with Crippen molar-refractivity contribution in [1.29, 1.82) is 0 Å². The summed E-state index contributed by atoms with van der Waals surface area (Å²) in [6.07, 6.45) is 3.31. The minimum absolute atomic E-state index is 0.894. The van der Waals surface area contributed by atoms with Crippen LogP contribution in [0.5, 0.6) is 0 Å². The number of rotatable bonds is 7. The molecule has 0 bridgehead atoms. The first-order valence-corrected chi connectivity index (χ1v) is 7.12. The van der Waals surface area contributed by atoms with Crippen LogP contribution >= 0.6 is 0 Å². The second-order valence-corrected chi connectivity index (χ2v) is 4.90. The molecule has 0 spiro atoms. The molecule has 0 saturated carbocycles. The number of aryl methyl sites for hydroxylation is 2. The van der Waals surface area contributed by atoms with E-state index >= 15 is 0 Å². The molecule has 0 fully saturated rings. The molecular weight excluding hydrogens is 236 g/mol. The minimum Gasteiger partial charge on any atom is -0.344 e. The van der Waals surface area contributed by atoms with Gasteiger partial charge in [-0.05, 0) is 45.0 Å². The van der Waals surface area contributed by atoms with Crippen LogP contribution in [-0.4, -0.2) is 20.9 Å². The van der Waals surface area contributed by atoms with Crippen LogP contribution in [-0.2, 0) is 19.6 Å². The molecule has 4 nitrogen and oxygen atoms in total. The maximum atomic E-state index is 4.50. The van der Waals surface area contributed by atoms with Crippen molar-refractivity contribution in [2.45, 2.75) is 46.8 Å². The van der Waals surface area contributed by atoms with E-state index in [1.54, 1.807) is 0 Å². The first-order valence-electron chi connectivity index (χ1n) is 7.12. The van der Waals surface area contributed by atoms with Gasteiger partial charge in [0.15, 0.2) is 0 Å². The standard InChI is InChI=1S/C15H24N4/c1-4-8-16-11-14-7-6-9-18(14)12-15-10-13(3)17-19(15)5-2/h6-7,9-10,16H,4-5,8,11-12H2,1-3H3. The normalized spacial score (nSPS) is 11.1. The predicted octanol–water partition coefficient (Wildman–Crippen LogP) is 2.56. The van der Waals surface area contributed by atoms with Crippen LogP contribution < -0.4 is 5.32 Å². The van der Waals surface area contributed by atoms with E-state index in [4.69, 9.17) is 0 Å². The third kappa shape index (κ3) is 3.47. The fourth-order valence-corrected chi connectivity index (χ4v) is 2.33. The van der Waals surface area contributed by atoms with E-state index < -0.39 is 0 Å². The highest BCUT2D eigenvalue weighted by molar-refractivity contribution is 5.14. The van der Waals surface area contributed by atoms with Crippen molar-refractivity contribution < 1.29 is 0 Å². The molecule has 0 aliphatic carbocycles. The van der Waals surface area contributed by atoms with Crippen LogP contribution in [0.2, 0.25) is 0 Å². The van der Waals surface area contributed by atoms with E-state index in [0.29, 0.717) is 0 Å². The molecule has 1 N–H and O–H groups in total. The zero-order valence-corrected chi connectivity index (χ0v) is 12.2. The van der Waals surface area contributed by atoms with E-state index in [-0.39, 0.29) is 0 Å². The van der Waals surface area contributed by atoms with Crippen LogP contribution in [0.15, 0.2) is 24.4 Å². The first-order chi connectivity index (χ1) is 9.24. The summed E-state index contributed by atoms with van der Waals surface area (Å²) in [5.41, 5.74) is 3.69. The molecule has 2 aromatic rings. The summed E-state index contributed by atoms with van der Waals surface area (Å²) in [6, 6.07) is 6.47. The van der Waals surface area contributed by atoms with Gasteiger partial charge in [-0.15, -0.1) is 0 Å². The number of hydrogen-bond acceptors (Lipinski definition) is 2. The summed E-state index contributed by atoms with van der Waals surface area (Å²) in [7, 11) is 0. The Hall–Kier alpha value is -1.55. The number of nitrogens with zero attached hydrogens (tertiary/aromatic N) is 3. The quantitative estimate of drug-likeness (QED) is 0.776. The van der Waals surface area contributed by atoms with Crippen molar-refractivity contribution in [3.63, 3.8) is 0 Å². The summed E-state index contributed by atoms with van der Waals surface area (Å²) >= 11 is 0. The summed E-state index contributed by atoms with van der Waals surface area (Å²) in [5.74, 6) is 0. The van der Waals surface area contributed by atoms with E-state index in [0.717, 1.165) is 31.9 Å². The first kappa shape index (κ1) is 13.9. The van der Waals surface area contributed by atoms with Gasteiger partial charge in [0.25, 0.3) is 0 Å². The highest BCUT2D eigenvalue weighted by atomic mass is 15.3. The molecule has 0 unspecified atom stereocenters. The van der Waals surface area contributed by atoms with Crippen molar-refractivity contribution in [2.24, 2.45) is 0 Å². The Bertz CT molecular complexity index is 510. The average molecular weight is 260 g/mol. The van der Waals surface area contributed by atoms with Gasteiger partial charge in [0.1, 0.15) is 0 Å².